The first-order chi connectivity index (χ1) is 8.10. The fraction of sp³-hybridized carbons (Fsp3) is 0.286. The molecule has 2 nitrogen and oxygen atoms in total. The van der Waals surface area contributed by atoms with Gasteiger partial charge in [0.25, 0.3) is 0 Å². The molecule has 1 aromatic carbocycles. The van der Waals surface area contributed by atoms with E-state index in [2.05, 4.69) is 52.2 Å². The Morgan fingerprint density at radius 2 is 1.94 bits per heavy atom. The van der Waals surface area contributed by atoms with E-state index >= 15 is 0 Å². The van der Waals surface area contributed by atoms with Crippen LogP contribution in [0.15, 0.2) is 48.0 Å². The van der Waals surface area contributed by atoms with Crippen molar-refractivity contribution < 1.29 is 0 Å². The van der Waals surface area contributed by atoms with Gasteiger partial charge in [-0.15, -0.1) is 13.2 Å². The van der Waals surface area contributed by atoms with E-state index in [9.17, 15) is 0 Å². The number of hydrogen-bond donors (Lipinski definition) is 1. The Balaban J connectivity index is 3.00. The van der Waals surface area contributed by atoms with Crippen LogP contribution < -0.4 is 10.6 Å². The number of nitrogens with zero attached hydrogens (tertiary/aromatic N) is 1. The second-order valence-corrected chi connectivity index (χ2v) is 4.83. The quantitative estimate of drug-likeness (QED) is 0.812. The number of benzene rings is 1. The lowest BCUT2D eigenvalue weighted by molar-refractivity contribution is 0.812. The Kier molecular flexibility index (Phi) is 5.45. The molecule has 17 heavy (non-hydrogen) atoms. The van der Waals surface area contributed by atoms with E-state index in [0.717, 1.165) is 28.8 Å². The first-order valence-electron chi connectivity index (χ1n) is 5.62. The van der Waals surface area contributed by atoms with Crippen molar-refractivity contribution in [3.8, 4) is 0 Å². The summed E-state index contributed by atoms with van der Waals surface area (Å²) < 4.78 is 1.04. The largest absolute Gasteiger partial charge is 0.364 e. The molecule has 0 aromatic heterocycles. The van der Waals surface area contributed by atoms with Gasteiger partial charge in [0.15, 0.2) is 0 Å². The van der Waals surface area contributed by atoms with Crippen molar-refractivity contribution in [3.05, 3.63) is 53.5 Å². The van der Waals surface area contributed by atoms with E-state index < -0.39 is 0 Å². The molecular weight excluding hydrogens is 276 g/mol. The minimum absolute atomic E-state index is 0.0330. The first-order valence-corrected chi connectivity index (χ1v) is 6.41. The number of nitrogens with two attached hydrogens (primary N) is 1. The summed E-state index contributed by atoms with van der Waals surface area (Å²) in [6, 6.07) is 6.26. The number of anilines is 1. The molecule has 92 valence electrons. The van der Waals surface area contributed by atoms with Crippen LogP contribution in [0.4, 0.5) is 5.69 Å². The van der Waals surface area contributed by atoms with E-state index in [-0.39, 0.29) is 6.04 Å². The molecule has 1 atom stereocenters. The summed E-state index contributed by atoms with van der Waals surface area (Å²) in [6.45, 7) is 11.1. The predicted molar refractivity (Wildman–Crippen MR) is 79.4 cm³/mol. The molecule has 0 saturated carbocycles. The van der Waals surface area contributed by atoms with Gasteiger partial charge in [0, 0.05) is 29.3 Å². The van der Waals surface area contributed by atoms with Crippen LogP contribution >= 0.6 is 15.9 Å². The van der Waals surface area contributed by atoms with E-state index in [1.807, 2.05) is 19.1 Å². The highest BCUT2D eigenvalue weighted by Crippen LogP contribution is 2.27. The van der Waals surface area contributed by atoms with Crippen LogP contribution in [0.5, 0.6) is 0 Å². The summed E-state index contributed by atoms with van der Waals surface area (Å²) >= 11 is 3.56. The van der Waals surface area contributed by atoms with Crippen molar-refractivity contribution in [3.63, 3.8) is 0 Å². The number of halogens is 1. The van der Waals surface area contributed by atoms with Crippen molar-refractivity contribution >= 4 is 21.6 Å². The third-order valence-electron chi connectivity index (χ3n) is 2.54. The third-order valence-corrected chi connectivity index (χ3v) is 3.23. The highest BCUT2D eigenvalue weighted by molar-refractivity contribution is 9.10. The van der Waals surface area contributed by atoms with Crippen LogP contribution in [0, 0.1) is 0 Å². The molecule has 0 aliphatic carbocycles. The lowest BCUT2D eigenvalue weighted by Crippen LogP contribution is -2.23. The fourth-order valence-corrected chi connectivity index (χ4v) is 2.41. The molecule has 2 N–H and O–H groups in total. The molecule has 0 saturated heterocycles. The molecule has 0 aliphatic heterocycles. The van der Waals surface area contributed by atoms with Crippen molar-refractivity contribution in [2.45, 2.75) is 13.0 Å². The Morgan fingerprint density at radius 1 is 1.35 bits per heavy atom. The number of hydrogen-bond acceptors (Lipinski definition) is 2. The lowest BCUT2D eigenvalue weighted by Gasteiger charge is -2.23. The molecule has 0 unspecified atom stereocenters. The molecular formula is C14H19BrN2. The number of rotatable bonds is 6. The summed E-state index contributed by atoms with van der Waals surface area (Å²) in [5.74, 6) is 0. The summed E-state index contributed by atoms with van der Waals surface area (Å²) in [4.78, 5) is 2.19. The Hall–Kier alpha value is -1.06. The summed E-state index contributed by atoms with van der Waals surface area (Å²) in [5, 5.41) is 0. The maximum atomic E-state index is 5.88. The van der Waals surface area contributed by atoms with Gasteiger partial charge in [0.2, 0.25) is 0 Å². The normalized spacial score (nSPS) is 11.9. The molecule has 0 amide bonds. The van der Waals surface area contributed by atoms with Crippen LogP contribution in [0.3, 0.4) is 0 Å². The minimum Gasteiger partial charge on any atom is -0.364 e. The third kappa shape index (κ3) is 3.72. The van der Waals surface area contributed by atoms with Gasteiger partial charge >= 0.3 is 0 Å². The van der Waals surface area contributed by atoms with Crippen LogP contribution in [0.2, 0.25) is 0 Å². The predicted octanol–water partition coefficient (Wildman–Crippen LogP) is 3.65. The maximum absolute atomic E-state index is 5.88. The summed E-state index contributed by atoms with van der Waals surface area (Å²) in [7, 11) is 0. The van der Waals surface area contributed by atoms with Crippen molar-refractivity contribution in [2.75, 3.05) is 18.0 Å². The molecule has 1 aromatic rings. The van der Waals surface area contributed by atoms with Crippen molar-refractivity contribution in [2.24, 2.45) is 5.73 Å². The lowest BCUT2D eigenvalue weighted by atomic mass is 10.1. The fourth-order valence-electron chi connectivity index (χ4n) is 1.68. The molecule has 3 heteroatoms. The van der Waals surface area contributed by atoms with Gasteiger partial charge in [-0.25, -0.2) is 0 Å². The second kappa shape index (κ2) is 6.62. The standard InChI is InChI=1S/C14H19BrN2/c1-4-8-17(9-5-2)12-6-7-13(11(3)16)14(15)10-12/h4-7,10-11H,1-2,8-9,16H2,3H3/t11-/m0/s1. The molecule has 0 aliphatic rings. The Morgan fingerprint density at radius 3 is 2.35 bits per heavy atom. The SMILES string of the molecule is C=CCN(CC=C)c1ccc([C@H](C)N)c(Br)c1. The Labute approximate surface area is 112 Å². The van der Waals surface area contributed by atoms with Crippen molar-refractivity contribution in [1.29, 1.82) is 0 Å². The zero-order valence-corrected chi connectivity index (χ0v) is 11.8. The smallest absolute Gasteiger partial charge is 0.0383 e. The van der Waals surface area contributed by atoms with Gasteiger partial charge in [-0.3, -0.25) is 0 Å². The zero-order chi connectivity index (χ0) is 12.8. The van der Waals surface area contributed by atoms with Crippen molar-refractivity contribution in [1.82, 2.24) is 0 Å². The van der Waals surface area contributed by atoms with Crippen LogP contribution in [-0.2, 0) is 0 Å². The van der Waals surface area contributed by atoms with E-state index in [1.165, 1.54) is 0 Å². The van der Waals surface area contributed by atoms with Gasteiger partial charge in [-0.2, -0.15) is 0 Å². The first kappa shape index (κ1) is 14.0. The minimum atomic E-state index is 0.0330. The average molecular weight is 295 g/mol. The molecule has 0 heterocycles. The maximum Gasteiger partial charge on any atom is 0.0383 e. The average Bonchev–Trinajstić information content (AvgIpc) is 2.28. The zero-order valence-electron chi connectivity index (χ0n) is 10.2. The topological polar surface area (TPSA) is 29.3 Å². The molecule has 0 bridgehead atoms. The molecule has 0 radical (unpaired) electrons. The van der Waals surface area contributed by atoms with Crippen LogP contribution in [-0.4, -0.2) is 13.1 Å². The monoisotopic (exact) mass is 294 g/mol. The van der Waals surface area contributed by atoms with Gasteiger partial charge < -0.3 is 10.6 Å². The Bertz CT molecular complexity index is 389. The van der Waals surface area contributed by atoms with Gasteiger partial charge in [0.1, 0.15) is 0 Å². The van der Waals surface area contributed by atoms with E-state index in [1.54, 1.807) is 0 Å². The summed E-state index contributed by atoms with van der Waals surface area (Å²) in [5.41, 5.74) is 8.14. The highest BCUT2D eigenvalue weighted by Gasteiger charge is 2.08. The molecule has 1 rings (SSSR count). The van der Waals surface area contributed by atoms with E-state index in [0.29, 0.717) is 0 Å². The molecule has 0 fully saturated rings. The summed E-state index contributed by atoms with van der Waals surface area (Å²) in [6.07, 6.45) is 3.77. The van der Waals surface area contributed by atoms with Gasteiger partial charge in [-0.1, -0.05) is 34.1 Å². The second-order valence-electron chi connectivity index (χ2n) is 3.98. The highest BCUT2D eigenvalue weighted by atomic mass is 79.9. The van der Waals surface area contributed by atoms with Crippen LogP contribution in [0.25, 0.3) is 0 Å². The van der Waals surface area contributed by atoms with Gasteiger partial charge in [-0.05, 0) is 24.6 Å². The van der Waals surface area contributed by atoms with E-state index in [4.69, 9.17) is 5.73 Å². The molecule has 0 spiro atoms. The van der Waals surface area contributed by atoms with Gasteiger partial charge in [0.05, 0.1) is 0 Å². The van der Waals surface area contributed by atoms with Crippen LogP contribution in [0.1, 0.15) is 18.5 Å².